The van der Waals surface area contributed by atoms with Crippen LogP contribution in [-0.4, -0.2) is 39.2 Å². The second-order valence-corrected chi connectivity index (χ2v) is 5.60. The molecule has 0 radical (unpaired) electrons. The molecule has 0 aromatic carbocycles. The molecule has 0 unspecified atom stereocenters. The zero-order chi connectivity index (χ0) is 15.5. The van der Waals surface area contributed by atoms with Gasteiger partial charge >= 0.3 is 0 Å². The van der Waals surface area contributed by atoms with Crippen LogP contribution in [0.5, 0.6) is 0 Å². The number of carbonyl (C=O) groups excluding carboxylic acids is 1. The second kappa shape index (κ2) is 6.27. The van der Waals surface area contributed by atoms with Crippen molar-refractivity contribution in [2.24, 2.45) is 5.92 Å². The van der Waals surface area contributed by atoms with Crippen LogP contribution >= 0.6 is 0 Å². The van der Waals surface area contributed by atoms with Gasteiger partial charge in [-0.2, -0.15) is 4.98 Å². The maximum absolute atomic E-state index is 12.2. The monoisotopic (exact) mass is 305 g/mol. The predicted molar refractivity (Wildman–Crippen MR) is 76.9 cm³/mol. The quantitative estimate of drug-likeness (QED) is 0.914. The summed E-state index contributed by atoms with van der Waals surface area (Å²) in [4.78, 5) is 18.6. The number of aryl methyl sites for hydroxylation is 2. The highest BCUT2D eigenvalue weighted by Crippen LogP contribution is 2.20. The van der Waals surface area contributed by atoms with E-state index in [0.717, 1.165) is 25.9 Å². The third-order valence-corrected chi connectivity index (χ3v) is 3.77. The number of aromatic nitrogens is 3. The molecule has 8 nitrogen and oxygen atoms in total. The van der Waals surface area contributed by atoms with E-state index in [4.69, 9.17) is 9.05 Å². The lowest BCUT2D eigenvalue weighted by molar-refractivity contribution is -0.121. The van der Waals surface area contributed by atoms with Gasteiger partial charge in [-0.3, -0.25) is 9.69 Å². The summed E-state index contributed by atoms with van der Waals surface area (Å²) < 4.78 is 10.1. The summed E-state index contributed by atoms with van der Waals surface area (Å²) >= 11 is 0. The Morgan fingerprint density at radius 3 is 2.68 bits per heavy atom. The molecule has 0 spiro atoms. The number of hydrogen-bond acceptors (Lipinski definition) is 7. The number of likely N-dealkylation sites (tertiary alicyclic amines) is 1. The van der Waals surface area contributed by atoms with Gasteiger partial charge < -0.3 is 14.4 Å². The van der Waals surface area contributed by atoms with E-state index in [0.29, 0.717) is 29.8 Å². The van der Waals surface area contributed by atoms with Crippen molar-refractivity contribution < 1.29 is 13.8 Å². The molecule has 22 heavy (non-hydrogen) atoms. The van der Waals surface area contributed by atoms with Crippen LogP contribution in [0.3, 0.4) is 0 Å². The van der Waals surface area contributed by atoms with Gasteiger partial charge in [0.05, 0.1) is 6.54 Å². The molecule has 0 bridgehead atoms. The van der Waals surface area contributed by atoms with Crippen molar-refractivity contribution in [2.45, 2.75) is 33.2 Å². The Bertz CT molecular complexity index is 642. The SMILES string of the molecule is Cc1noc(CN2CCC(C(=O)Nc3cc(C)on3)CC2)n1. The standard InChI is InChI=1S/C14H19N5O3/c1-9-7-12(18-21-9)16-14(20)11-3-5-19(6-4-11)8-13-15-10(2)17-22-13/h7,11H,3-6,8H2,1-2H3,(H,16,18,20). The fraction of sp³-hybridized carbons (Fsp3) is 0.571. The van der Waals surface area contributed by atoms with Gasteiger partial charge in [-0.1, -0.05) is 10.3 Å². The van der Waals surface area contributed by atoms with Gasteiger partial charge in [0.2, 0.25) is 11.8 Å². The Hall–Kier alpha value is -2.22. The second-order valence-electron chi connectivity index (χ2n) is 5.60. The van der Waals surface area contributed by atoms with Gasteiger partial charge in [0.15, 0.2) is 11.6 Å². The van der Waals surface area contributed by atoms with E-state index in [9.17, 15) is 4.79 Å². The number of anilines is 1. The Balaban J connectivity index is 1.47. The van der Waals surface area contributed by atoms with Crippen LogP contribution in [0.4, 0.5) is 5.82 Å². The Morgan fingerprint density at radius 1 is 1.32 bits per heavy atom. The molecule has 0 saturated carbocycles. The van der Waals surface area contributed by atoms with Crippen LogP contribution in [0.1, 0.15) is 30.3 Å². The van der Waals surface area contributed by atoms with Crippen molar-refractivity contribution in [1.29, 1.82) is 0 Å². The highest BCUT2D eigenvalue weighted by atomic mass is 16.5. The molecule has 1 N–H and O–H groups in total. The lowest BCUT2D eigenvalue weighted by Gasteiger charge is -2.29. The Labute approximate surface area is 127 Å². The third kappa shape index (κ3) is 3.51. The molecule has 1 amide bonds. The fourth-order valence-corrected chi connectivity index (χ4v) is 2.60. The zero-order valence-corrected chi connectivity index (χ0v) is 12.7. The molecular weight excluding hydrogens is 286 g/mol. The molecule has 1 aliphatic heterocycles. The first-order chi connectivity index (χ1) is 10.6. The molecule has 1 fully saturated rings. The average molecular weight is 305 g/mol. The highest BCUT2D eigenvalue weighted by Gasteiger charge is 2.26. The van der Waals surface area contributed by atoms with E-state index >= 15 is 0 Å². The summed E-state index contributed by atoms with van der Waals surface area (Å²) in [5.74, 6) is 2.43. The maximum atomic E-state index is 12.2. The number of rotatable bonds is 4. The van der Waals surface area contributed by atoms with E-state index in [1.54, 1.807) is 19.9 Å². The van der Waals surface area contributed by atoms with Crippen molar-refractivity contribution in [3.8, 4) is 0 Å². The van der Waals surface area contributed by atoms with Crippen LogP contribution in [0.2, 0.25) is 0 Å². The highest BCUT2D eigenvalue weighted by molar-refractivity contribution is 5.91. The van der Waals surface area contributed by atoms with E-state index in [2.05, 4.69) is 25.5 Å². The van der Waals surface area contributed by atoms with Gasteiger partial charge in [-0.15, -0.1) is 0 Å². The number of piperidine rings is 1. The van der Waals surface area contributed by atoms with Crippen LogP contribution < -0.4 is 5.32 Å². The van der Waals surface area contributed by atoms with Crippen LogP contribution in [0, 0.1) is 19.8 Å². The van der Waals surface area contributed by atoms with Gasteiger partial charge in [0.25, 0.3) is 0 Å². The maximum Gasteiger partial charge on any atom is 0.240 e. The third-order valence-electron chi connectivity index (χ3n) is 3.77. The minimum absolute atomic E-state index is 0.00147. The van der Waals surface area contributed by atoms with Crippen molar-refractivity contribution >= 4 is 11.7 Å². The summed E-state index contributed by atoms with van der Waals surface area (Å²) in [6, 6.07) is 1.71. The molecule has 0 atom stereocenters. The van der Waals surface area contributed by atoms with Gasteiger partial charge in [0.1, 0.15) is 5.76 Å². The normalized spacial score (nSPS) is 16.8. The summed E-state index contributed by atoms with van der Waals surface area (Å²) in [5.41, 5.74) is 0. The lowest BCUT2D eigenvalue weighted by atomic mass is 9.96. The van der Waals surface area contributed by atoms with E-state index < -0.39 is 0 Å². The molecule has 118 valence electrons. The number of hydrogen-bond donors (Lipinski definition) is 1. The van der Waals surface area contributed by atoms with Crippen LogP contribution in [0.15, 0.2) is 15.1 Å². The summed E-state index contributed by atoms with van der Waals surface area (Å²) in [6.07, 6.45) is 1.60. The predicted octanol–water partition coefficient (Wildman–Crippen LogP) is 1.53. The first kappa shape index (κ1) is 14.7. The zero-order valence-electron chi connectivity index (χ0n) is 12.7. The summed E-state index contributed by atoms with van der Waals surface area (Å²) in [5, 5.41) is 10.4. The molecule has 0 aliphatic carbocycles. The van der Waals surface area contributed by atoms with E-state index in [1.165, 1.54) is 0 Å². The minimum Gasteiger partial charge on any atom is -0.360 e. The number of nitrogens with zero attached hydrogens (tertiary/aromatic N) is 4. The average Bonchev–Trinajstić information content (AvgIpc) is 3.08. The van der Waals surface area contributed by atoms with Crippen molar-refractivity contribution in [1.82, 2.24) is 20.2 Å². The van der Waals surface area contributed by atoms with Gasteiger partial charge in [0, 0.05) is 12.0 Å². The van der Waals surface area contributed by atoms with Crippen LogP contribution in [0.25, 0.3) is 0 Å². The molecule has 2 aromatic rings. The molecule has 1 saturated heterocycles. The van der Waals surface area contributed by atoms with Gasteiger partial charge in [-0.25, -0.2) is 0 Å². The summed E-state index contributed by atoms with van der Waals surface area (Å²) in [7, 11) is 0. The smallest absolute Gasteiger partial charge is 0.240 e. The molecule has 2 aromatic heterocycles. The number of carbonyl (C=O) groups is 1. The van der Waals surface area contributed by atoms with Crippen LogP contribution in [-0.2, 0) is 11.3 Å². The molecule has 3 rings (SSSR count). The minimum atomic E-state index is -0.00215. The van der Waals surface area contributed by atoms with Crippen molar-refractivity contribution in [2.75, 3.05) is 18.4 Å². The largest absolute Gasteiger partial charge is 0.360 e. The lowest BCUT2D eigenvalue weighted by Crippen LogP contribution is -2.37. The molecule has 1 aliphatic rings. The Morgan fingerprint density at radius 2 is 2.09 bits per heavy atom. The first-order valence-corrected chi connectivity index (χ1v) is 7.36. The molecule has 3 heterocycles. The fourth-order valence-electron chi connectivity index (χ4n) is 2.60. The Kier molecular flexibility index (Phi) is 4.19. The van der Waals surface area contributed by atoms with Gasteiger partial charge in [-0.05, 0) is 39.8 Å². The van der Waals surface area contributed by atoms with E-state index in [-0.39, 0.29) is 11.8 Å². The number of amides is 1. The van der Waals surface area contributed by atoms with Crippen molar-refractivity contribution in [3.05, 3.63) is 23.5 Å². The number of nitrogens with one attached hydrogen (secondary N) is 1. The van der Waals surface area contributed by atoms with E-state index in [1.807, 2.05) is 0 Å². The topological polar surface area (TPSA) is 97.3 Å². The summed E-state index contributed by atoms with van der Waals surface area (Å²) in [6.45, 7) is 5.89. The molecule has 8 heteroatoms. The molecular formula is C14H19N5O3. The first-order valence-electron chi connectivity index (χ1n) is 7.36. The van der Waals surface area contributed by atoms with Crippen molar-refractivity contribution in [3.63, 3.8) is 0 Å².